The Labute approximate surface area is 172 Å². The lowest BCUT2D eigenvalue weighted by atomic mass is 9.96. The number of aromatic amines is 1. The lowest BCUT2D eigenvalue weighted by Gasteiger charge is -2.22. The molecule has 0 saturated heterocycles. The van der Waals surface area contributed by atoms with Gasteiger partial charge in [-0.25, -0.2) is 4.79 Å². The first-order valence-electron chi connectivity index (χ1n) is 9.59. The first kappa shape index (κ1) is 17.8. The molecule has 0 unspecified atom stereocenters. The van der Waals surface area contributed by atoms with E-state index in [1.54, 1.807) is 0 Å². The molecule has 1 N–H and O–H groups in total. The highest BCUT2D eigenvalue weighted by Gasteiger charge is 2.23. The highest BCUT2D eigenvalue weighted by Crippen LogP contribution is 2.36. The monoisotopic (exact) mass is 391 g/mol. The molecule has 144 valence electrons. The first-order valence-corrected chi connectivity index (χ1v) is 9.59. The third-order valence-corrected chi connectivity index (χ3v) is 5.05. The van der Waals surface area contributed by atoms with Crippen LogP contribution in [0.5, 0.6) is 0 Å². The van der Waals surface area contributed by atoms with E-state index in [1.807, 2.05) is 102 Å². The number of H-pyrrole nitrogens is 1. The average molecular weight is 391 g/mol. The van der Waals surface area contributed by atoms with Crippen LogP contribution in [0, 0.1) is 0 Å². The number of hydrogen-bond acceptors (Lipinski definition) is 3. The molecule has 3 aromatic carbocycles. The zero-order valence-electron chi connectivity index (χ0n) is 15.9. The molecule has 0 aliphatic carbocycles. The molecule has 0 bridgehead atoms. The van der Waals surface area contributed by atoms with Crippen LogP contribution in [0.3, 0.4) is 0 Å². The molecule has 30 heavy (non-hydrogen) atoms. The molecule has 5 rings (SSSR count). The molecular formula is C25H17N3O2. The zero-order chi connectivity index (χ0) is 20.5. The highest BCUT2D eigenvalue weighted by atomic mass is 16.2. The number of nitrogens with one attached hydrogen (secondary N) is 1. The van der Waals surface area contributed by atoms with Gasteiger partial charge in [0, 0.05) is 11.3 Å². The van der Waals surface area contributed by atoms with E-state index in [1.165, 1.54) is 0 Å². The van der Waals surface area contributed by atoms with Gasteiger partial charge in [0.15, 0.2) is 5.82 Å². The van der Waals surface area contributed by atoms with Crippen molar-refractivity contribution in [2.75, 3.05) is 0 Å². The molecule has 2 heterocycles. The van der Waals surface area contributed by atoms with Crippen LogP contribution in [0.2, 0.25) is 0 Å². The molecule has 2 aliphatic rings. The Morgan fingerprint density at radius 2 is 1.27 bits per heavy atom. The van der Waals surface area contributed by atoms with Crippen molar-refractivity contribution in [1.82, 2.24) is 14.5 Å². The quantitative estimate of drug-likeness (QED) is 0.497. The summed E-state index contributed by atoms with van der Waals surface area (Å²) in [4.78, 5) is 31.7. The summed E-state index contributed by atoms with van der Waals surface area (Å²) in [5.74, 6) is 0.329. The smallest absolute Gasteiger partial charge is 0.294 e. The van der Waals surface area contributed by atoms with E-state index in [0.29, 0.717) is 11.4 Å². The number of para-hydroxylation sites is 1. The van der Waals surface area contributed by atoms with Crippen molar-refractivity contribution >= 4 is 0 Å². The van der Waals surface area contributed by atoms with Crippen molar-refractivity contribution in [3.8, 4) is 39.5 Å². The number of fused-ring (bicyclic) bond motifs is 1. The molecule has 5 nitrogen and oxygen atoms in total. The largest absolute Gasteiger partial charge is 0.349 e. The lowest BCUT2D eigenvalue weighted by Crippen LogP contribution is -2.28. The van der Waals surface area contributed by atoms with Crippen molar-refractivity contribution < 1.29 is 0 Å². The van der Waals surface area contributed by atoms with Gasteiger partial charge in [0.1, 0.15) is 0 Å². The summed E-state index contributed by atoms with van der Waals surface area (Å²) in [5, 5.41) is 0. The molecule has 0 atom stereocenters. The van der Waals surface area contributed by atoms with Gasteiger partial charge in [-0.1, -0.05) is 78.9 Å². The predicted octanol–water partition coefficient (Wildman–Crippen LogP) is 4.36. The summed E-state index contributed by atoms with van der Waals surface area (Å²) in [7, 11) is 0. The Kier molecular flexibility index (Phi) is 4.33. The van der Waals surface area contributed by atoms with Crippen LogP contribution in [0.25, 0.3) is 39.5 Å². The maximum Gasteiger partial charge on any atom is 0.349 e. The third kappa shape index (κ3) is 3.02. The minimum absolute atomic E-state index is 0.329. The van der Waals surface area contributed by atoms with E-state index in [4.69, 9.17) is 0 Å². The van der Waals surface area contributed by atoms with Crippen LogP contribution in [-0.4, -0.2) is 14.5 Å². The van der Waals surface area contributed by atoms with Crippen molar-refractivity contribution in [2.45, 2.75) is 0 Å². The number of nitrogens with zero attached hydrogens (tertiary/aromatic N) is 2. The normalized spacial score (nSPS) is 10.9. The van der Waals surface area contributed by atoms with Crippen LogP contribution in [-0.2, 0) is 0 Å². The van der Waals surface area contributed by atoms with Crippen molar-refractivity contribution in [1.29, 1.82) is 0 Å². The Bertz CT molecular complexity index is 1410. The Hall–Kier alpha value is -4.25. The summed E-state index contributed by atoms with van der Waals surface area (Å²) in [6.07, 6.45) is 0. The minimum atomic E-state index is -0.665. The van der Waals surface area contributed by atoms with Crippen LogP contribution in [0.4, 0.5) is 0 Å². The Morgan fingerprint density at radius 3 is 1.90 bits per heavy atom. The van der Waals surface area contributed by atoms with Gasteiger partial charge in [0.2, 0.25) is 0 Å². The summed E-state index contributed by atoms with van der Waals surface area (Å²) >= 11 is 0. The number of benzene rings is 3. The highest BCUT2D eigenvalue weighted by molar-refractivity contribution is 5.86. The molecule has 3 aromatic rings. The first-order chi connectivity index (χ1) is 14.7. The number of rotatable bonds is 3. The fourth-order valence-electron chi connectivity index (χ4n) is 3.74. The maximum atomic E-state index is 12.9. The fraction of sp³-hybridized carbons (Fsp3) is 0. The second-order valence-corrected chi connectivity index (χ2v) is 6.92. The molecule has 5 heteroatoms. The number of aromatic nitrogens is 3. The summed E-state index contributed by atoms with van der Waals surface area (Å²) in [6, 6.07) is 31.1. The van der Waals surface area contributed by atoms with Gasteiger partial charge < -0.3 is 0 Å². The maximum absolute atomic E-state index is 12.9. The molecule has 0 saturated carbocycles. The van der Waals surface area contributed by atoms with Crippen LogP contribution in [0.15, 0.2) is 107 Å². The van der Waals surface area contributed by atoms with E-state index in [9.17, 15) is 9.59 Å². The van der Waals surface area contributed by atoms with Gasteiger partial charge in [0.25, 0.3) is 5.56 Å². The number of pyridine rings is 1. The van der Waals surface area contributed by atoms with Crippen molar-refractivity contribution in [3.05, 3.63) is 118 Å². The summed E-state index contributed by atoms with van der Waals surface area (Å²) in [5.41, 5.74) is 3.48. The molecule has 2 aliphatic heterocycles. The van der Waals surface area contributed by atoms with E-state index in [2.05, 4.69) is 9.97 Å². The van der Waals surface area contributed by atoms with Gasteiger partial charge in [-0.2, -0.15) is 4.98 Å². The minimum Gasteiger partial charge on any atom is -0.294 e. The SMILES string of the molecule is O=c1nc2n(-c3ccccc3)c(-c3ccccc3)cc(-c3ccccc3)c-2c(=O)[nH]1. The van der Waals surface area contributed by atoms with E-state index >= 15 is 0 Å². The Balaban J connectivity index is 1.99. The van der Waals surface area contributed by atoms with Crippen molar-refractivity contribution in [2.24, 2.45) is 0 Å². The zero-order valence-corrected chi connectivity index (χ0v) is 15.9. The molecule has 0 fully saturated rings. The Morgan fingerprint density at radius 1 is 0.700 bits per heavy atom. The molecule has 0 aromatic heterocycles. The standard InChI is InChI=1S/C25H17N3O2/c29-24-22-20(17-10-4-1-5-11-17)16-21(18-12-6-2-7-13-18)28(19-14-8-3-9-15-19)23(22)26-25(30)27-24/h1-16H,(H,27,29,30). The van der Waals surface area contributed by atoms with Crippen LogP contribution >= 0.6 is 0 Å². The molecule has 0 amide bonds. The number of hydrogen-bond donors (Lipinski definition) is 1. The van der Waals surface area contributed by atoms with Crippen LogP contribution < -0.4 is 11.2 Å². The van der Waals surface area contributed by atoms with Gasteiger partial charge in [-0.05, 0) is 29.3 Å². The van der Waals surface area contributed by atoms with E-state index in [-0.39, 0.29) is 0 Å². The van der Waals surface area contributed by atoms with Gasteiger partial charge in [0.05, 0.1) is 11.3 Å². The van der Waals surface area contributed by atoms with Gasteiger partial charge >= 0.3 is 5.69 Å². The average Bonchev–Trinajstić information content (AvgIpc) is 2.79. The van der Waals surface area contributed by atoms with Gasteiger partial charge in [-0.3, -0.25) is 14.3 Å². The lowest BCUT2D eigenvalue weighted by molar-refractivity contribution is 0.942. The second kappa shape index (κ2) is 7.29. The topological polar surface area (TPSA) is 67.8 Å². The second-order valence-electron chi connectivity index (χ2n) is 6.92. The third-order valence-electron chi connectivity index (χ3n) is 5.05. The fourth-order valence-corrected chi connectivity index (χ4v) is 3.74. The van der Waals surface area contributed by atoms with E-state index in [0.717, 1.165) is 28.1 Å². The van der Waals surface area contributed by atoms with Crippen molar-refractivity contribution in [3.63, 3.8) is 0 Å². The predicted molar refractivity (Wildman–Crippen MR) is 118 cm³/mol. The van der Waals surface area contributed by atoms with E-state index < -0.39 is 11.2 Å². The molecule has 0 radical (unpaired) electrons. The van der Waals surface area contributed by atoms with Gasteiger partial charge in [-0.15, -0.1) is 0 Å². The summed E-state index contributed by atoms with van der Waals surface area (Å²) in [6.45, 7) is 0. The van der Waals surface area contributed by atoms with Crippen LogP contribution in [0.1, 0.15) is 0 Å². The molecule has 0 spiro atoms. The summed E-state index contributed by atoms with van der Waals surface area (Å²) < 4.78 is 1.87. The molecular weight excluding hydrogens is 374 g/mol.